The molecule has 0 spiro atoms. The molecule has 0 saturated carbocycles. The first kappa shape index (κ1) is 21.0. The van der Waals surface area contributed by atoms with Crippen molar-refractivity contribution in [2.45, 2.75) is 71.8 Å². The van der Waals surface area contributed by atoms with Gasteiger partial charge in [0.2, 0.25) is 0 Å². The summed E-state index contributed by atoms with van der Waals surface area (Å²) < 4.78 is 2.44. The van der Waals surface area contributed by atoms with Crippen molar-refractivity contribution in [3.05, 3.63) is 81.6 Å². The first-order valence-electron chi connectivity index (χ1n) is 12.0. The second-order valence-electron chi connectivity index (χ2n) is 9.91. The highest BCUT2D eigenvalue weighted by atomic mass is 16.1. The van der Waals surface area contributed by atoms with Crippen LogP contribution in [0.3, 0.4) is 0 Å². The lowest BCUT2D eigenvalue weighted by atomic mass is 9.56. The van der Waals surface area contributed by atoms with Crippen LogP contribution in [0.1, 0.15) is 87.1 Å². The van der Waals surface area contributed by atoms with Crippen LogP contribution in [0.15, 0.2) is 53.6 Å². The van der Waals surface area contributed by atoms with E-state index in [-0.39, 0.29) is 16.6 Å². The van der Waals surface area contributed by atoms with Gasteiger partial charge in [0.1, 0.15) is 0 Å². The number of aromatic nitrogens is 1. The van der Waals surface area contributed by atoms with Crippen molar-refractivity contribution < 1.29 is 4.79 Å². The zero-order chi connectivity index (χ0) is 22.8. The normalized spacial score (nSPS) is 17.8. The molecule has 2 aliphatic carbocycles. The molecule has 2 aromatic carbocycles. The summed E-state index contributed by atoms with van der Waals surface area (Å²) in [5.41, 5.74) is 10.3. The molecular weight excluding hydrogens is 390 g/mol. The van der Waals surface area contributed by atoms with Gasteiger partial charge in [-0.2, -0.15) is 0 Å². The molecule has 0 radical (unpaired) electrons. The van der Waals surface area contributed by atoms with Gasteiger partial charge in [0.05, 0.1) is 0 Å². The molecule has 0 amide bonds. The van der Waals surface area contributed by atoms with Crippen molar-refractivity contribution in [3.63, 3.8) is 0 Å². The number of nitrogens with zero attached hydrogens (tertiary/aromatic N) is 1. The SMILES string of the molecule is CCn1c2c(c3cc(C(C)=O)ccc31)C(C)(C)C1=Cc3ccccc3C(CC)(CC)C1=C2. The average Bonchev–Trinajstić information content (AvgIpc) is 3.11. The molecule has 0 saturated heterocycles. The van der Waals surface area contributed by atoms with Gasteiger partial charge >= 0.3 is 0 Å². The van der Waals surface area contributed by atoms with Crippen LogP contribution in [0.25, 0.3) is 23.1 Å². The van der Waals surface area contributed by atoms with E-state index < -0.39 is 0 Å². The molecular formula is C30H33NO. The fraction of sp³-hybridized carbons (Fsp3) is 0.367. The second kappa shape index (κ2) is 7.07. The van der Waals surface area contributed by atoms with Crippen molar-refractivity contribution in [3.8, 4) is 0 Å². The monoisotopic (exact) mass is 423 g/mol. The molecule has 0 aliphatic heterocycles. The number of aryl methyl sites for hydroxylation is 1. The van der Waals surface area contributed by atoms with Gasteiger partial charge in [0.25, 0.3) is 0 Å². The number of rotatable bonds is 4. The lowest BCUT2D eigenvalue weighted by molar-refractivity contribution is 0.101. The van der Waals surface area contributed by atoms with E-state index in [0.717, 1.165) is 24.9 Å². The van der Waals surface area contributed by atoms with E-state index >= 15 is 0 Å². The fourth-order valence-electron chi connectivity index (χ4n) is 6.45. The van der Waals surface area contributed by atoms with Crippen LogP contribution in [-0.2, 0) is 17.4 Å². The summed E-state index contributed by atoms with van der Waals surface area (Å²) in [5, 5.41) is 1.22. The maximum Gasteiger partial charge on any atom is 0.159 e. The van der Waals surface area contributed by atoms with Gasteiger partial charge in [-0.25, -0.2) is 0 Å². The van der Waals surface area contributed by atoms with E-state index in [0.29, 0.717) is 0 Å². The third-order valence-electron chi connectivity index (χ3n) is 8.19. The number of carbonyl (C=O) groups is 1. The van der Waals surface area contributed by atoms with E-state index in [1.807, 2.05) is 6.07 Å². The summed E-state index contributed by atoms with van der Waals surface area (Å²) in [6.07, 6.45) is 7.07. The van der Waals surface area contributed by atoms with Crippen molar-refractivity contribution in [1.29, 1.82) is 0 Å². The summed E-state index contributed by atoms with van der Waals surface area (Å²) in [5.74, 6) is 0.122. The van der Waals surface area contributed by atoms with Crippen LogP contribution in [0.2, 0.25) is 0 Å². The van der Waals surface area contributed by atoms with Gasteiger partial charge in [-0.1, -0.05) is 58.0 Å². The summed E-state index contributed by atoms with van der Waals surface area (Å²) in [6, 6.07) is 15.2. The molecule has 164 valence electrons. The minimum atomic E-state index is -0.156. The van der Waals surface area contributed by atoms with Gasteiger partial charge in [0.15, 0.2) is 5.78 Å². The lowest BCUT2D eigenvalue weighted by Crippen LogP contribution is -2.38. The van der Waals surface area contributed by atoms with Gasteiger partial charge < -0.3 is 4.57 Å². The molecule has 5 rings (SSSR count). The van der Waals surface area contributed by atoms with Crippen LogP contribution < -0.4 is 0 Å². The summed E-state index contributed by atoms with van der Waals surface area (Å²) >= 11 is 0. The minimum Gasteiger partial charge on any atom is -0.341 e. The summed E-state index contributed by atoms with van der Waals surface area (Å²) in [7, 11) is 0. The molecule has 2 heteroatoms. The largest absolute Gasteiger partial charge is 0.341 e. The molecule has 0 unspecified atom stereocenters. The van der Waals surface area contributed by atoms with E-state index in [9.17, 15) is 4.79 Å². The highest BCUT2D eigenvalue weighted by Crippen LogP contribution is 2.57. The number of allylic oxidation sites excluding steroid dienone is 2. The number of hydrogen-bond donors (Lipinski definition) is 0. The maximum atomic E-state index is 12.2. The molecule has 2 aliphatic rings. The minimum absolute atomic E-state index is 0.0230. The Morgan fingerprint density at radius 2 is 1.66 bits per heavy atom. The average molecular weight is 424 g/mol. The van der Waals surface area contributed by atoms with Gasteiger partial charge in [-0.15, -0.1) is 0 Å². The molecule has 0 atom stereocenters. The first-order valence-corrected chi connectivity index (χ1v) is 12.0. The smallest absolute Gasteiger partial charge is 0.159 e. The van der Waals surface area contributed by atoms with Crippen molar-refractivity contribution in [2.75, 3.05) is 0 Å². The van der Waals surface area contributed by atoms with Gasteiger partial charge in [-0.05, 0) is 78.8 Å². The summed E-state index contributed by atoms with van der Waals surface area (Å²) in [6.45, 7) is 14.2. The molecule has 3 aromatic rings. The van der Waals surface area contributed by atoms with Crippen molar-refractivity contribution in [1.82, 2.24) is 4.57 Å². The maximum absolute atomic E-state index is 12.2. The fourth-order valence-corrected chi connectivity index (χ4v) is 6.45. The van der Waals surface area contributed by atoms with E-state index in [2.05, 4.69) is 87.7 Å². The molecule has 32 heavy (non-hydrogen) atoms. The second-order valence-corrected chi connectivity index (χ2v) is 9.91. The van der Waals surface area contributed by atoms with Crippen molar-refractivity contribution in [2.24, 2.45) is 0 Å². The third kappa shape index (κ3) is 2.56. The van der Waals surface area contributed by atoms with Crippen molar-refractivity contribution >= 4 is 28.8 Å². The lowest BCUT2D eigenvalue weighted by Gasteiger charge is -2.47. The Balaban J connectivity index is 1.92. The van der Waals surface area contributed by atoms with E-state index in [4.69, 9.17) is 0 Å². The number of Topliss-reactive ketones (excluding diaryl/α,β-unsaturated/α-hetero) is 1. The van der Waals surface area contributed by atoms with E-state index in [1.165, 1.54) is 44.4 Å². The van der Waals surface area contributed by atoms with Crippen LogP contribution in [0, 0.1) is 0 Å². The third-order valence-corrected chi connectivity index (χ3v) is 8.19. The Bertz CT molecular complexity index is 1320. The zero-order valence-corrected chi connectivity index (χ0v) is 20.2. The number of ketones is 1. The first-order chi connectivity index (χ1) is 15.3. The predicted octanol–water partition coefficient (Wildman–Crippen LogP) is 7.69. The topological polar surface area (TPSA) is 22.0 Å². The molecule has 0 bridgehead atoms. The Morgan fingerprint density at radius 3 is 2.31 bits per heavy atom. The zero-order valence-electron chi connectivity index (χ0n) is 20.2. The summed E-state index contributed by atoms with van der Waals surface area (Å²) in [4.78, 5) is 12.2. The van der Waals surface area contributed by atoms with Gasteiger partial charge in [0, 0.05) is 39.5 Å². The Kier molecular flexibility index (Phi) is 4.64. The Hall–Kier alpha value is -2.87. The number of fused-ring (bicyclic) bond motifs is 5. The molecule has 1 aromatic heterocycles. The molecule has 0 fully saturated rings. The Labute approximate surface area is 191 Å². The van der Waals surface area contributed by atoms with Crippen LogP contribution in [0.5, 0.6) is 0 Å². The number of hydrogen-bond acceptors (Lipinski definition) is 1. The quantitative estimate of drug-likeness (QED) is 0.394. The Morgan fingerprint density at radius 1 is 0.938 bits per heavy atom. The van der Waals surface area contributed by atoms with E-state index in [1.54, 1.807) is 6.92 Å². The molecule has 2 nitrogen and oxygen atoms in total. The predicted molar refractivity (Wildman–Crippen MR) is 135 cm³/mol. The number of carbonyl (C=O) groups excluding carboxylic acids is 1. The standard InChI is InChI=1S/C30H33NO/c1-7-30(8-2)23-13-11-10-12-21(23)17-24-25(30)18-27-28(29(24,5)6)22-16-20(19(4)32)14-15-26(22)31(27)9-3/h10-18H,7-9H2,1-6H3. The highest BCUT2D eigenvalue weighted by molar-refractivity contribution is 6.01. The van der Waals surface area contributed by atoms with Gasteiger partial charge in [-0.3, -0.25) is 4.79 Å². The molecule has 1 heterocycles. The van der Waals surface area contributed by atoms with Crippen LogP contribution in [0.4, 0.5) is 0 Å². The molecule has 0 N–H and O–H groups in total. The highest BCUT2D eigenvalue weighted by Gasteiger charge is 2.47. The van der Waals surface area contributed by atoms with Crippen LogP contribution in [-0.4, -0.2) is 10.4 Å². The number of benzene rings is 2. The van der Waals surface area contributed by atoms with Crippen LogP contribution >= 0.6 is 0 Å².